The molecule has 0 spiro atoms. The van der Waals surface area contributed by atoms with Gasteiger partial charge in [0.05, 0.1) is 12.2 Å². The van der Waals surface area contributed by atoms with Gasteiger partial charge in [-0.15, -0.1) is 0 Å². The molecule has 2 N–H and O–H groups in total. The Bertz CT molecular complexity index is 665. The summed E-state index contributed by atoms with van der Waals surface area (Å²) in [4.78, 5) is 0. The average Bonchev–Trinajstić information content (AvgIpc) is 2.66. The van der Waals surface area contributed by atoms with Gasteiger partial charge in [0.25, 0.3) is 0 Å². The molecule has 26 heavy (non-hydrogen) atoms. The van der Waals surface area contributed by atoms with Crippen LogP contribution in [-0.4, -0.2) is 10.2 Å². The van der Waals surface area contributed by atoms with Crippen molar-refractivity contribution < 1.29 is 10.2 Å². The molecular weight excluding hydrogens is 320 g/mol. The zero-order chi connectivity index (χ0) is 19.3. The molecule has 0 fully saturated rings. The second-order valence-corrected chi connectivity index (χ2v) is 8.19. The predicted molar refractivity (Wildman–Crippen MR) is 109 cm³/mol. The van der Waals surface area contributed by atoms with Crippen molar-refractivity contribution in [2.45, 2.75) is 53.2 Å². The molecule has 0 amide bonds. The quantitative estimate of drug-likeness (QED) is 0.651. The Morgan fingerprint density at radius 3 is 1.88 bits per heavy atom. The van der Waals surface area contributed by atoms with Crippen LogP contribution in [-0.2, 0) is 6.42 Å². The first-order valence-electron chi connectivity index (χ1n) is 9.81. The predicted octanol–water partition coefficient (Wildman–Crippen LogP) is 5.56. The maximum atomic E-state index is 10.7. The molecular formula is C24H34O2. The summed E-state index contributed by atoms with van der Waals surface area (Å²) in [5, 5.41) is 21.3. The van der Waals surface area contributed by atoms with E-state index in [0.29, 0.717) is 11.8 Å². The van der Waals surface area contributed by atoms with Crippen LogP contribution in [0.2, 0.25) is 0 Å². The molecule has 0 aliphatic rings. The van der Waals surface area contributed by atoms with E-state index < -0.39 is 12.2 Å². The van der Waals surface area contributed by atoms with E-state index in [4.69, 9.17) is 0 Å². The first kappa shape index (κ1) is 20.7. The second-order valence-electron chi connectivity index (χ2n) is 8.19. The second kappa shape index (κ2) is 9.34. The van der Waals surface area contributed by atoms with E-state index in [0.717, 1.165) is 17.5 Å². The Labute approximate surface area is 158 Å². The van der Waals surface area contributed by atoms with E-state index in [-0.39, 0.29) is 11.8 Å². The highest BCUT2D eigenvalue weighted by Gasteiger charge is 2.23. The highest BCUT2D eigenvalue weighted by Crippen LogP contribution is 2.31. The lowest BCUT2D eigenvalue weighted by Crippen LogP contribution is -2.19. The Kier molecular flexibility index (Phi) is 7.43. The molecule has 5 atom stereocenters. The molecule has 2 rings (SSSR count). The summed E-state index contributed by atoms with van der Waals surface area (Å²) < 4.78 is 0. The third-order valence-electron chi connectivity index (χ3n) is 5.94. The topological polar surface area (TPSA) is 40.5 Å². The van der Waals surface area contributed by atoms with Crippen molar-refractivity contribution in [3.05, 3.63) is 71.3 Å². The molecule has 3 unspecified atom stereocenters. The molecule has 0 radical (unpaired) electrons. The summed E-state index contributed by atoms with van der Waals surface area (Å²) in [6.45, 7) is 10.7. The molecule has 0 aromatic heterocycles. The van der Waals surface area contributed by atoms with E-state index in [1.807, 2.05) is 42.5 Å². The fourth-order valence-corrected chi connectivity index (χ4v) is 3.39. The summed E-state index contributed by atoms with van der Waals surface area (Å²) in [6, 6.07) is 18.2. The van der Waals surface area contributed by atoms with E-state index in [9.17, 15) is 10.2 Å². The lowest BCUT2D eigenvalue weighted by Gasteiger charge is -2.26. The fraction of sp³-hybridized carbons (Fsp3) is 0.500. The minimum Gasteiger partial charge on any atom is -0.388 e. The van der Waals surface area contributed by atoms with Gasteiger partial charge in [0.2, 0.25) is 0 Å². The number of aliphatic hydroxyl groups excluding tert-OH is 2. The number of hydrogen-bond donors (Lipinski definition) is 2. The number of hydrogen-bond acceptors (Lipinski definition) is 2. The molecule has 142 valence electrons. The maximum absolute atomic E-state index is 10.7. The summed E-state index contributed by atoms with van der Waals surface area (Å²) >= 11 is 0. The van der Waals surface area contributed by atoms with E-state index in [1.165, 1.54) is 5.56 Å². The molecule has 0 aliphatic carbocycles. The third kappa shape index (κ3) is 5.18. The van der Waals surface area contributed by atoms with Crippen LogP contribution >= 0.6 is 0 Å². The van der Waals surface area contributed by atoms with Gasteiger partial charge in [0.1, 0.15) is 0 Å². The van der Waals surface area contributed by atoms with E-state index in [2.05, 4.69) is 46.8 Å². The van der Waals surface area contributed by atoms with Gasteiger partial charge in [-0.2, -0.15) is 0 Å². The summed E-state index contributed by atoms with van der Waals surface area (Å²) in [6.07, 6.45) is 0.000300. The molecule has 0 saturated carbocycles. The highest BCUT2D eigenvalue weighted by molar-refractivity contribution is 5.26. The van der Waals surface area contributed by atoms with Gasteiger partial charge in [-0.05, 0) is 46.8 Å². The van der Waals surface area contributed by atoms with Crippen LogP contribution in [0.5, 0.6) is 0 Å². The molecule has 2 aromatic rings. The van der Waals surface area contributed by atoms with Crippen LogP contribution in [0.4, 0.5) is 0 Å². The molecule has 0 aliphatic heterocycles. The zero-order valence-corrected chi connectivity index (χ0v) is 16.8. The maximum Gasteiger partial charge on any atom is 0.0818 e. The van der Waals surface area contributed by atoms with Gasteiger partial charge in [-0.1, -0.05) is 89.2 Å². The lowest BCUT2D eigenvalue weighted by atomic mass is 9.82. The highest BCUT2D eigenvalue weighted by atomic mass is 16.3. The Morgan fingerprint density at radius 2 is 1.27 bits per heavy atom. The molecule has 0 heterocycles. The van der Waals surface area contributed by atoms with Crippen LogP contribution in [0.3, 0.4) is 0 Å². The first-order chi connectivity index (χ1) is 12.3. The molecule has 2 aromatic carbocycles. The minimum atomic E-state index is -0.457. The zero-order valence-electron chi connectivity index (χ0n) is 16.8. The van der Waals surface area contributed by atoms with Crippen molar-refractivity contribution in [1.29, 1.82) is 0 Å². The van der Waals surface area contributed by atoms with Crippen LogP contribution in [0.15, 0.2) is 54.6 Å². The number of aliphatic hydroxyl groups is 2. The van der Waals surface area contributed by atoms with Crippen molar-refractivity contribution in [2.24, 2.45) is 23.7 Å². The summed E-state index contributed by atoms with van der Waals surface area (Å²) in [5.41, 5.74) is 3.19. The van der Waals surface area contributed by atoms with Crippen molar-refractivity contribution in [2.75, 3.05) is 0 Å². The number of rotatable bonds is 8. The van der Waals surface area contributed by atoms with E-state index in [1.54, 1.807) is 0 Å². The Hall–Kier alpha value is -1.64. The summed E-state index contributed by atoms with van der Waals surface area (Å²) in [7, 11) is 0. The van der Waals surface area contributed by atoms with Gasteiger partial charge >= 0.3 is 0 Å². The third-order valence-corrected chi connectivity index (χ3v) is 5.94. The van der Waals surface area contributed by atoms with Crippen LogP contribution in [0, 0.1) is 23.7 Å². The fourth-order valence-electron chi connectivity index (χ4n) is 3.39. The molecule has 0 saturated heterocycles. The molecule has 2 heteroatoms. The van der Waals surface area contributed by atoms with Gasteiger partial charge in [-0.3, -0.25) is 0 Å². The smallest absolute Gasteiger partial charge is 0.0818 e. The normalized spacial score (nSPS) is 17.5. The van der Waals surface area contributed by atoms with Gasteiger partial charge in [-0.25, -0.2) is 0 Å². The van der Waals surface area contributed by atoms with Gasteiger partial charge in [0.15, 0.2) is 0 Å². The standard InChI is InChI=1S/C24H34O2/c1-16(2)18(4)23(25)22-13-9-10-20(15-22)14-17(3)19(5)24(26)21-11-7-6-8-12-21/h6-13,15-19,23-26H,14H2,1-5H3/t17?,18-,19?,23+,24?/m1/s1. The number of benzene rings is 2. The van der Waals surface area contributed by atoms with Crippen molar-refractivity contribution in [3.63, 3.8) is 0 Å². The van der Waals surface area contributed by atoms with Crippen LogP contribution in [0.25, 0.3) is 0 Å². The van der Waals surface area contributed by atoms with Crippen LogP contribution < -0.4 is 0 Å². The summed E-state index contributed by atoms with van der Waals surface area (Å²) in [5.74, 6) is 1.15. The average molecular weight is 355 g/mol. The van der Waals surface area contributed by atoms with Crippen molar-refractivity contribution >= 4 is 0 Å². The molecule has 0 bridgehead atoms. The van der Waals surface area contributed by atoms with Gasteiger partial charge < -0.3 is 10.2 Å². The SMILES string of the molecule is CC(Cc1cccc([C@@H](O)[C@H](C)C(C)C)c1)C(C)C(O)c1ccccc1. The lowest BCUT2D eigenvalue weighted by molar-refractivity contribution is 0.0866. The molecule has 2 nitrogen and oxygen atoms in total. The monoisotopic (exact) mass is 354 g/mol. The van der Waals surface area contributed by atoms with Gasteiger partial charge in [0, 0.05) is 0 Å². The Morgan fingerprint density at radius 1 is 0.692 bits per heavy atom. The Balaban J connectivity index is 2.07. The van der Waals surface area contributed by atoms with Crippen LogP contribution in [0.1, 0.15) is 63.5 Å². The van der Waals surface area contributed by atoms with E-state index >= 15 is 0 Å². The first-order valence-corrected chi connectivity index (χ1v) is 9.81. The minimum absolute atomic E-state index is 0.153. The van der Waals surface area contributed by atoms with Crippen molar-refractivity contribution in [1.82, 2.24) is 0 Å². The van der Waals surface area contributed by atoms with Crippen molar-refractivity contribution in [3.8, 4) is 0 Å². The largest absolute Gasteiger partial charge is 0.388 e.